The predicted octanol–water partition coefficient (Wildman–Crippen LogP) is 3.82. The number of amidine groups is 1. The third kappa shape index (κ3) is 4.89. The molecule has 0 aliphatic carbocycles. The van der Waals surface area contributed by atoms with Gasteiger partial charge in [0, 0.05) is 26.3 Å². The van der Waals surface area contributed by atoms with Crippen LogP contribution in [0.4, 0.5) is 5.69 Å². The van der Waals surface area contributed by atoms with Gasteiger partial charge in [-0.1, -0.05) is 60.3 Å². The first-order valence-electron chi connectivity index (χ1n) is 9.09. The van der Waals surface area contributed by atoms with Crippen molar-refractivity contribution in [2.45, 2.75) is 11.7 Å². The molecule has 1 fully saturated rings. The van der Waals surface area contributed by atoms with Crippen LogP contribution in [0.1, 0.15) is 11.1 Å². The molecule has 3 rings (SSSR count). The van der Waals surface area contributed by atoms with E-state index in [1.807, 2.05) is 73.6 Å². The Hall–Kier alpha value is -2.86. The fourth-order valence-electron chi connectivity index (χ4n) is 2.84. The van der Waals surface area contributed by atoms with Crippen LogP contribution in [0.2, 0.25) is 0 Å². The Bertz CT molecular complexity index is 875. The number of nitrogens with zero attached hydrogens (tertiary/aromatic N) is 4. The van der Waals surface area contributed by atoms with Crippen LogP contribution in [0, 0.1) is 0 Å². The van der Waals surface area contributed by atoms with E-state index in [0.717, 1.165) is 16.8 Å². The van der Waals surface area contributed by atoms with Crippen LogP contribution in [0.25, 0.3) is 0 Å². The monoisotopic (exact) mass is 392 g/mol. The molecule has 28 heavy (non-hydrogen) atoms. The van der Waals surface area contributed by atoms with Crippen molar-refractivity contribution < 1.29 is 4.79 Å². The molecule has 1 aliphatic rings. The van der Waals surface area contributed by atoms with Crippen molar-refractivity contribution in [1.82, 2.24) is 4.90 Å². The van der Waals surface area contributed by atoms with Crippen LogP contribution in [-0.4, -0.2) is 48.1 Å². The van der Waals surface area contributed by atoms with E-state index in [1.54, 1.807) is 17.2 Å². The zero-order chi connectivity index (χ0) is 19.9. The normalized spacial score (nSPS) is 18.2. The highest BCUT2D eigenvalue weighted by atomic mass is 32.2. The lowest BCUT2D eigenvalue weighted by Crippen LogP contribution is -2.32. The first-order valence-corrected chi connectivity index (χ1v) is 9.97. The van der Waals surface area contributed by atoms with Gasteiger partial charge < -0.3 is 4.90 Å². The number of carbonyl (C=O) groups is 1. The van der Waals surface area contributed by atoms with Crippen molar-refractivity contribution in [3.8, 4) is 0 Å². The van der Waals surface area contributed by atoms with Crippen molar-refractivity contribution in [2.75, 3.05) is 25.5 Å². The van der Waals surface area contributed by atoms with Crippen LogP contribution in [0.5, 0.6) is 0 Å². The van der Waals surface area contributed by atoms with E-state index in [2.05, 4.69) is 16.8 Å². The van der Waals surface area contributed by atoms with Gasteiger partial charge in [-0.2, -0.15) is 5.10 Å². The molecule has 0 spiro atoms. The SMILES string of the molecule is C=CCN1C(=O)[C@H](Cc2ccccc2)S/C1=N\N=C/c1ccc(N(C)C)cc1. The summed E-state index contributed by atoms with van der Waals surface area (Å²) in [5.74, 6) is 0.0537. The fraction of sp³-hybridized carbons (Fsp3) is 0.227. The van der Waals surface area contributed by atoms with Gasteiger partial charge in [0.1, 0.15) is 0 Å². The molecule has 0 bridgehead atoms. The summed E-state index contributed by atoms with van der Waals surface area (Å²) in [5.41, 5.74) is 3.22. The molecule has 1 heterocycles. The topological polar surface area (TPSA) is 48.3 Å². The van der Waals surface area contributed by atoms with Crippen molar-refractivity contribution in [1.29, 1.82) is 0 Å². The summed E-state index contributed by atoms with van der Waals surface area (Å²) in [6, 6.07) is 18.1. The summed E-state index contributed by atoms with van der Waals surface area (Å²) in [6.45, 7) is 4.19. The second kappa shape index (κ2) is 9.37. The zero-order valence-electron chi connectivity index (χ0n) is 16.2. The molecule has 2 aromatic carbocycles. The zero-order valence-corrected chi connectivity index (χ0v) is 17.0. The molecule has 0 radical (unpaired) electrons. The Labute approximate surface area is 170 Å². The molecular weight excluding hydrogens is 368 g/mol. The molecule has 1 amide bonds. The first kappa shape index (κ1) is 19.9. The molecule has 144 valence electrons. The van der Waals surface area contributed by atoms with E-state index < -0.39 is 0 Å². The number of benzene rings is 2. The van der Waals surface area contributed by atoms with Crippen molar-refractivity contribution in [3.63, 3.8) is 0 Å². The molecule has 1 saturated heterocycles. The number of carbonyl (C=O) groups excluding carboxylic acids is 1. The van der Waals surface area contributed by atoms with Crippen molar-refractivity contribution in [2.24, 2.45) is 10.2 Å². The fourth-order valence-corrected chi connectivity index (χ4v) is 3.99. The summed E-state index contributed by atoms with van der Waals surface area (Å²) >= 11 is 1.46. The lowest BCUT2D eigenvalue weighted by molar-refractivity contribution is -0.125. The van der Waals surface area contributed by atoms with Gasteiger partial charge in [0.25, 0.3) is 0 Å². The van der Waals surface area contributed by atoms with E-state index >= 15 is 0 Å². The van der Waals surface area contributed by atoms with E-state index in [1.165, 1.54) is 11.8 Å². The average molecular weight is 393 g/mol. The number of hydrogen-bond donors (Lipinski definition) is 0. The largest absolute Gasteiger partial charge is 0.378 e. The Balaban J connectivity index is 1.72. The van der Waals surface area contributed by atoms with Crippen molar-refractivity contribution >= 4 is 34.7 Å². The smallest absolute Gasteiger partial charge is 0.242 e. The maximum atomic E-state index is 12.8. The highest BCUT2D eigenvalue weighted by Gasteiger charge is 2.37. The molecule has 0 saturated carbocycles. The molecule has 1 atom stereocenters. The molecule has 2 aromatic rings. The van der Waals surface area contributed by atoms with Gasteiger partial charge in [-0.25, -0.2) is 0 Å². The summed E-state index contributed by atoms with van der Waals surface area (Å²) in [6.07, 6.45) is 4.09. The first-order chi connectivity index (χ1) is 13.6. The van der Waals surface area contributed by atoms with Crippen LogP contribution < -0.4 is 4.90 Å². The lowest BCUT2D eigenvalue weighted by Gasteiger charge is -2.13. The van der Waals surface area contributed by atoms with Gasteiger partial charge in [0.2, 0.25) is 5.91 Å². The van der Waals surface area contributed by atoms with E-state index in [-0.39, 0.29) is 11.2 Å². The second-order valence-corrected chi connectivity index (χ2v) is 7.82. The van der Waals surface area contributed by atoms with E-state index in [4.69, 9.17) is 0 Å². The summed E-state index contributed by atoms with van der Waals surface area (Å²) in [4.78, 5) is 16.5. The molecule has 0 unspecified atom stereocenters. The van der Waals surface area contributed by atoms with Crippen LogP contribution in [0.3, 0.4) is 0 Å². The highest BCUT2D eigenvalue weighted by molar-refractivity contribution is 8.15. The minimum absolute atomic E-state index is 0.0537. The van der Waals surface area contributed by atoms with Gasteiger partial charge in [-0.05, 0) is 29.7 Å². The number of rotatable bonds is 7. The third-order valence-electron chi connectivity index (χ3n) is 4.36. The minimum Gasteiger partial charge on any atom is -0.378 e. The van der Waals surface area contributed by atoms with Gasteiger partial charge in [-0.15, -0.1) is 11.7 Å². The van der Waals surface area contributed by atoms with Gasteiger partial charge >= 0.3 is 0 Å². The standard InChI is InChI=1S/C22H24N4OS/c1-4-14-26-21(27)20(15-17-8-6-5-7-9-17)28-22(26)24-23-16-18-10-12-19(13-11-18)25(2)3/h4-13,16,20H,1,14-15H2,2-3H3/b23-16-,24-22-/t20-/m0/s1. The lowest BCUT2D eigenvalue weighted by atomic mass is 10.1. The molecular formula is C22H24N4OS. The Kier molecular flexibility index (Phi) is 6.66. The Morgan fingerprint density at radius 2 is 1.86 bits per heavy atom. The second-order valence-electron chi connectivity index (χ2n) is 6.65. The van der Waals surface area contributed by atoms with E-state index in [9.17, 15) is 4.79 Å². The number of hydrogen-bond acceptors (Lipinski definition) is 5. The highest BCUT2D eigenvalue weighted by Crippen LogP contribution is 2.30. The van der Waals surface area contributed by atoms with Crippen LogP contribution in [0.15, 0.2) is 77.5 Å². The summed E-state index contributed by atoms with van der Waals surface area (Å²) in [5, 5.41) is 8.95. The van der Waals surface area contributed by atoms with Gasteiger partial charge in [0.05, 0.1) is 11.5 Å². The molecule has 6 heteroatoms. The Morgan fingerprint density at radius 3 is 2.50 bits per heavy atom. The predicted molar refractivity (Wildman–Crippen MR) is 119 cm³/mol. The third-order valence-corrected chi connectivity index (χ3v) is 5.52. The number of anilines is 1. The molecule has 5 nitrogen and oxygen atoms in total. The van der Waals surface area contributed by atoms with E-state index in [0.29, 0.717) is 18.1 Å². The molecule has 1 aliphatic heterocycles. The van der Waals surface area contributed by atoms with Gasteiger partial charge in [-0.3, -0.25) is 9.69 Å². The number of thioether (sulfide) groups is 1. The quantitative estimate of drug-likeness (QED) is 0.409. The summed E-state index contributed by atoms with van der Waals surface area (Å²) < 4.78 is 0. The van der Waals surface area contributed by atoms with Gasteiger partial charge in [0.15, 0.2) is 5.17 Å². The maximum Gasteiger partial charge on any atom is 0.242 e. The molecule has 0 N–H and O–H groups in total. The maximum absolute atomic E-state index is 12.8. The number of amides is 1. The molecule has 0 aromatic heterocycles. The Morgan fingerprint density at radius 1 is 1.14 bits per heavy atom. The minimum atomic E-state index is -0.185. The van der Waals surface area contributed by atoms with Crippen LogP contribution >= 0.6 is 11.8 Å². The average Bonchev–Trinajstić information content (AvgIpc) is 2.98. The summed E-state index contributed by atoms with van der Waals surface area (Å²) in [7, 11) is 4.01. The van der Waals surface area contributed by atoms with Crippen LogP contribution in [-0.2, 0) is 11.2 Å². The van der Waals surface area contributed by atoms with Crippen molar-refractivity contribution in [3.05, 3.63) is 78.4 Å².